The average Bonchev–Trinajstić information content (AvgIpc) is 3.05. The van der Waals surface area contributed by atoms with Crippen LogP contribution in [0.4, 0.5) is 0 Å². The minimum Gasteiger partial charge on any atom is -0.370 e. The van der Waals surface area contributed by atoms with Crippen LogP contribution in [0.5, 0.6) is 0 Å². The summed E-state index contributed by atoms with van der Waals surface area (Å²) in [7, 11) is 2.17. The van der Waals surface area contributed by atoms with Crippen molar-refractivity contribution in [3.05, 3.63) is 0 Å². The van der Waals surface area contributed by atoms with Crippen LogP contribution in [0.1, 0.15) is 33.1 Å². The SMILES string of the molecule is CCCNC(N)=NCC(C)N(C)C1CC1. The van der Waals surface area contributed by atoms with Crippen LogP contribution in [0.2, 0.25) is 0 Å². The van der Waals surface area contributed by atoms with E-state index in [0.717, 1.165) is 25.6 Å². The minimum atomic E-state index is 0.486. The van der Waals surface area contributed by atoms with E-state index in [1.165, 1.54) is 12.8 Å². The molecule has 0 bridgehead atoms. The van der Waals surface area contributed by atoms with Crippen molar-refractivity contribution < 1.29 is 0 Å². The van der Waals surface area contributed by atoms with Gasteiger partial charge in [0.05, 0.1) is 6.54 Å². The molecule has 0 aliphatic heterocycles. The summed E-state index contributed by atoms with van der Waals surface area (Å²) in [5.74, 6) is 0.577. The molecule has 1 saturated carbocycles. The minimum absolute atomic E-state index is 0.486. The lowest BCUT2D eigenvalue weighted by atomic mass is 10.3. The molecule has 1 atom stereocenters. The fourth-order valence-electron chi connectivity index (χ4n) is 1.51. The largest absolute Gasteiger partial charge is 0.370 e. The highest BCUT2D eigenvalue weighted by Gasteiger charge is 2.28. The third-order valence-corrected chi connectivity index (χ3v) is 2.90. The molecule has 1 rings (SSSR count). The van der Waals surface area contributed by atoms with Crippen LogP contribution in [0.3, 0.4) is 0 Å². The summed E-state index contributed by atoms with van der Waals surface area (Å²) < 4.78 is 0. The van der Waals surface area contributed by atoms with Crippen LogP contribution >= 0.6 is 0 Å². The summed E-state index contributed by atoms with van der Waals surface area (Å²) in [5, 5.41) is 3.08. The normalized spacial score (nSPS) is 19.3. The van der Waals surface area contributed by atoms with Gasteiger partial charge >= 0.3 is 0 Å². The van der Waals surface area contributed by atoms with Gasteiger partial charge in [-0.05, 0) is 33.2 Å². The van der Waals surface area contributed by atoms with Crippen molar-refractivity contribution in [2.24, 2.45) is 10.7 Å². The van der Waals surface area contributed by atoms with Gasteiger partial charge in [0.15, 0.2) is 5.96 Å². The van der Waals surface area contributed by atoms with Crippen molar-refractivity contribution >= 4 is 5.96 Å². The van der Waals surface area contributed by atoms with Gasteiger partial charge in [-0.1, -0.05) is 6.92 Å². The highest BCUT2D eigenvalue weighted by atomic mass is 15.2. The fourth-order valence-corrected chi connectivity index (χ4v) is 1.51. The maximum absolute atomic E-state index is 5.72. The van der Waals surface area contributed by atoms with Crippen LogP contribution < -0.4 is 11.1 Å². The Morgan fingerprint density at radius 3 is 2.80 bits per heavy atom. The number of guanidine groups is 1. The van der Waals surface area contributed by atoms with Gasteiger partial charge in [0.2, 0.25) is 0 Å². The molecule has 0 spiro atoms. The number of aliphatic imine (C=N–C) groups is 1. The van der Waals surface area contributed by atoms with Crippen LogP contribution in [-0.4, -0.2) is 43.1 Å². The van der Waals surface area contributed by atoms with Gasteiger partial charge in [-0.3, -0.25) is 9.89 Å². The molecule has 0 radical (unpaired) electrons. The molecule has 3 N–H and O–H groups in total. The maximum Gasteiger partial charge on any atom is 0.188 e. The van der Waals surface area contributed by atoms with Gasteiger partial charge in [0, 0.05) is 18.6 Å². The average molecular weight is 212 g/mol. The third kappa shape index (κ3) is 4.51. The molecule has 0 saturated heterocycles. The number of nitrogens with zero attached hydrogens (tertiary/aromatic N) is 2. The number of nitrogens with two attached hydrogens (primary N) is 1. The van der Waals surface area contributed by atoms with Crippen molar-refractivity contribution in [1.82, 2.24) is 10.2 Å². The second kappa shape index (κ2) is 5.95. The molecule has 4 nitrogen and oxygen atoms in total. The second-order valence-corrected chi connectivity index (χ2v) is 4.40. The van der Waals surface area contributed by atoms with Gasteiger partial charge < -0.3 is 11.1 Å². The van der Waals surface area contributed by atoms with E-state index in [0.29, 0.717) is 12.0 Å². The van der Waals surface area contributed by atoms with Gasteiger partial charge in [0.25, 0.3) is 0 Å². The summed E-state index contributed by atoms with van der Waals surface area (Å²) in [6.45, 7) is 6.01. The standard InChI is InChI=1S/C11H24N4/c1-4-7-13-11(12)14-8-9(2)15(3)10-5-6-10/h9-10H,4-8H2,1-3H3,(H3,12,13,14). The molecule has 1 fully saturated rings. The molecule has 1 aliphatic carbocycles. The molecule has 0 amide bonds. The highest BCUT2D eigenvalue weighted by molar-refractivity contribution is 5.77. The van der Waals surface area contributed by atoms with Crippen molar-refractivity contribution in [2.75, 3.05) is 20.1 Å². The predicted octanol–water partition coefficient (Wildman–Crippen LogP) is 0.783. The quantitative estimate of drug-likeness (QED) is 0.505. The summed E-state index contributed by atoms with van der Waals surface area (Å²) in [6.07, 6.45) is 3.76. The lowest BCUT2D eigenvalue weighted by Gasteiger charge is -2.22. The highest BCUT2D eigenvalue weighted by Crippen LogP contribution is 2.26. The van der Waals surface area contributed by atoms with E-state index in [-0.39, 0.29) is 0 Å². The Bertz CT molecular complexity index is 211. The van der Waals surface area contributed by atoms with Gasteiger partial charge in [-0.25, -0.2) is 0 Å². The first-order valence-corrected chi connectivity index (χ1v) is 5.90. The Morgan fingerprint density at radius 2 is 2.27 bits per heavy atom. The lowest BCUT2D eigenvalue weighted by molar-refractivity contribution is 0.253. The molecule has 1 unspecified atom stereocenters. The molecule has 4 heteroatoms. The Kier molecular flexibility index (Phi) is 4.88. The van der Waals surface area contributed by atoms with Crippen molar-refractivity contribution in [2.45, 2.75) is 45.2 Å². The zero-order valence-electron chi connectivity index (χ0n) is 10.2. The number of nitrogens with one attached hydrogen (secondary N) is 1. The third-order valence-electron chi connectivity index (χ3n) is 2.90. The van der Waals surface area contributed by atoms with E-state index in [2.05, 4.69) is 36.1 Å². The first-order chi connectivity index (χ1) is 7.15. The first-order valence-electron chi connectivity index (χ1n) is 5.90. The summed E-state index contributed by atoms with van der Waals surface area (Å²) in [4.78, 5) is 6.73. The van der Waals surface area contributed by atoms with Gasteiger partial charge in [-0.2, -0.15) is 0 Å². The first kappa shape index (κ1) is 12.3. The van der Waals surface area contributed by atoms with E-state index < -0.39 is 0 Å². The Balaban J connectivity index is 2.21. The van der Waals surface area contributed by atoms with Gasteiger partial charge in [-0.15, -0.1) is 0 Å². The van der Waals surface area contributed by atoms with Crippen molar-refractivity contribution in [3.8, 4) is 0 Å². The van der Waals surface area contributed by atoms with Crippen LogP contribution in [0.15, 0.2) is 4.99 Å². The zero-order valence-corrected chi connectivity index (χ0v) is 10.2. The molecule has 15 heavy (non-hydrogen) atoms. The number of hydrogen-bond acceptors (Lipinski definition) is 2. The van der Waals surface area contributed by atoms with E-state index in [4.69, 9.17) is 5.73 Å². The number of rotatable bonds is 6. The van der Waals surface area contributed by atoms with Crippen LogP contribution in [-0.2, 0) is 0 Å². The molecular weight excluding hydrogens is 188 g/mol. The Morgan fingerprint density at radius 1 is 1.60 bits per heavy atom. The summed E-state index contributed by atoms with van der Waals surface area (Å²) in [6, 6.07) is 1.28. The van der Waals surface area contributed by atoms with E-state index >= 15 is 0 Å². The molecule has 1 aliphatic rings. The van der Waals surface area contributed by atoms with Crippen molar-refractivity contribution in [3.63, 3.8) is 0 Å². The second-order valence-electron chi connectivity index (χ2n) is 4.40. The molecule has 0 aromatic rings. The topological polar surface area (TPSA) is 53.6 Å². The van der Waals surface area contributed by atoms with E-state index in [1.807, 2.05) is 0 Å². The van der Waals surface area contributed by atoms with Gasteiger partial charge in [0.1, 0.15) is 0 Å². The Hall–Kier alpha value is -0.770. The zero-order chi connectivity index (χ0) is 11.3. The Labute approximate surface area is 92.9 Å². The maximum atomic E-state index is 5.72. The summed E-state index contributed by atoms with van der Waals surface area (Å²) >= 11 is 0. The molecule has 0 aromatic carbocycles. The van der Waals surface area contributed by atoms with E-state index in [1.54, 1.807) is 0 Å². The van der Waals surface area contributed by atoms with Crippen LogP contribution in [0, 0.1) is 0 Å². The molecular formula is C11H24N4. The molecule has 0 heterocycles. The van der Waals surface area contributed by atoms with Crippen molar-refractivity contribution in [1.29, 1.82) is 0 Å². The fraction of sp³-hybridized carbons (Fsp3) is 0.909. The molecule has 0 aromatic heterocycles. The predicted molar refractivity (Wildman–Crippen MR) is 65.0 cm³/mol. The van der Waals surface area contributed by atoms with Crippen LogP contribution in [0.25, 0.3) is 0 Å². The summed E-state index contributed by atoms with van der Waals surface area (Å²) in [5.41, 5.74) is 5.72. The smallest absolute Gasteiger partial charge is 0.188 e. The number of likely N-dealkylation sites (N-methyl/N-ethyl adjacent to an activating group) is 1. The van der Waals surface area contributed by atoms with E-state index in [9.17, 15) is 0 Å². The monoisotopic (exact) mass is 212 g/mol. The lowest BCUT2D eigenvalue weighted by Crippen LogP contribution is -2.36. The number of hydrogen-bond donors (Lipinski definition) is 2. The molecule has 88 valence electrons.